The quantitative estimate of drug-likeness (QED) is 0.687. The van der Waals surface area contributed by atoms with E-state index < -0.39 is 0 Å². The zero-order chi connectivity index (χ0) is 11.0. The summed E-state index contributed by atoms with van der Waals surface area (Å²) in [4.78, 5) is 24.0. The van der Waals surface area contributed by atoms with E-state index in [0.717, 1.165) is 12.8 Å². The molecule has 0 aliphatic carbocycles. The van der Waals surface area contributed by atoms with Crippen LogP contribution in [0.5, 0.6) is 0 Å². The second-order valence-electron chi connectivity index (χ2n) is 3.08. The van der Waals surface area contributed by atoms with Crippen LogP contribution in [0.25, 0.3) is 0 Å². The summed E-state index contributed by atoms with van der Waals surface area (Å²) in [6.45, 7) is 6.69. The molecule has 0 saturated carbocycles. The molecular formula is C10H20N2O2. The van der Waals surface area contributed by atoms with Crippen molar-refractivity contribution in [2.75, 3.05) is 13.1 Å². The first-order chi connectivity index (χ1) is 6.67. The third kappa shape index (κ3) is 4.25. The van der Waals surface area contributed by atoms with Gasteiger partial charge in [0.2, 0.25) is 5.91 Å². The van der Waals surface area contributed by atoms with Crippen molar-refractivity contribution in [2.45, 2.75) is 40.0 Å². The molecule has 0 aliphatic heterocycles. The fourth-order valence-corrected chi connectivity index (χ4v) is 1.09. The van der Waals surface area contributed by atoms with Crippen LogP contribution in [-0.2, 0) is 4.79 Å². The van der Waals surface area contributed by atoms with Gasteiger partial charge in [0.05, 0.1) is 0 Å². The number of rotatable bonds is 5. The summed E-state index contributed by atoms with van der Waals surface area (Å²) < 4.78 is 0. The molecule has 0 saturated heterocycles. The molecule has 0 spiro atoms. The number of amides is 3. The highest BCUT2D eigenvalue weighted by molar-refractivity contribution is 5.94. The third-order valence-corrected chi connectivity index (χ3v) is 1.97. The Balaban J connectivity index is 3.98. The molecular weight excluding hydrogens is 180 g/mol. The van der Waals surface area contributed by atoms with Gasteiger partial charge in [-0.15, -0.1) is 0 Å². The highest BCUT2D eigenvalue weighted by Gasteiger charge is 2.16. The van der Waals surface area contributed by atoms with Gasteiger partial charge >= 0.3 is 6.03 Å². The number of hydrogen-bond donors (Lipinski definition) is 1. The fraction of sp³-hybridized carbons (Fsp3) is 0.800. The molecule has 0 unspecified atom stereocenters. The molecule has 0 aliphatic rings. The van der Waals surface area contributed by atoms with Gasteiger partial charge < -0.3 is 5.32 Å². The van der Waals surface area contributed by atoms with Gasteiger partial charge in [-0.1, -0.05) is 20.3 Å². The first-order valence-corrected chi connectivity index (χ1v) is 5.25. The number of unbranched alkanes of at least 4 members (excludes halogenated alkanes) is 1. The highest BCUT2D eigenvalue weighted by Crippen LogP contribution is 1.95. The maximum absolute atomic E-state index is 11.4. The number of carbonyl (C=O) groups is 2. The van der Waals surface area contributed by atoms with E-state index >= 15 is 0 Å². The average molecular weight is 200 g/mol. The number of carbonyl (C=O) groups excluding carboxylic acids is 2. The summed E-state index contributed by atoms with van der Waals surface area (Å²) >= 11 is 0. The van der Waals surface area contributed by atoms with Gasteiger partial charge in [-0.2, -0.15) is 0 Å². The van der Waals surface area contributed by atoms with Crippen LogP contribution in [0.4, 0.5) is 4.79 Å². The Bertz CT molecular complexity index is 193. The monoisotopic (exact) mass is 200 g/mol. The number of hydrogen-bond acceptors (Lipinski definition) is 2. The smallest absolute Gasteiger partial charge is 0.324 e. The van der Waals surface area contributed by atoms with Gasteiger partial charge in [-0.05, 0) is 13.3 Å². The van der Waals surface area contributed by atoms with Gasteiger partial charge in [0, 0.05) is 19.5 Å². The lowest BCUT2D eigenvalue weighted by Crippen LogP contribution is -2.43. The number of urea groups is 1. The lowest BCUT2D eigenvalue weighted by Gasteiger charge is -2.18. The van der Waals surface area contributed by atoms with Gasteiger partial charge in [-0.3, -0.25) is 9.69 Å². The van der Waals surface area contributed by atoms with Gasteiger partial charge in [0.1, 0.15) is 0 Å². The van der Waals surface area contributed by atoms with E-state index in [1.165, 1.54) is 4.90 Å². The fourth-order valence-electron chi connectivity index (χ4n) is 1.09. The molecule has 1 N–H and O–H groups in total. The van der Waals surface area contributed by atoms with Gasteiger partial charge in [0.25, 0.3) is 0 Å². The highest BCUT2D eigenvalue weighted by atomic mass is 16.2. The maximum atomic E-state index is 11.4. The molecule has 0 rings (SSSR count). The molecule has 0 atom stereocenters. The molecule has 3 amide bonds. The summed E-state index contributed by atoms with van der Waals surface area (Å²) in [6, 6.07) is -0.271. The zero-order valence-corrected chi connectivity index (χ0v) is 9.30. The minimum atomic E-state index is -0.271. The predicted molar refractivity (Wildman–Crippen MR) is 56.0 cm³/mol. The number of nitrogens with one attached hydrogen (secondary N) is 1. The van der Waals surface area contributed by atoms with Crippen molar-refractivity contribution >= 4 is 11.9 Å². The van der Waals surface area contributed by atoms with Crippen LogP contribution >= 0.6 is 0 Å². The van der Waals surface area contributed by atoms with Crippen molar-refractivity contribution in [3.8, 4) is 0 Å². The summed E-state index contributed by atoms with van der Waals surface area (Å²) in [5.74, 6) is -0.124. The van der Waals surface area contributed by atoms with E-state index in [-0.39, 0.29) is 11.9 Å². The SMILES string of the molecule is CCCCNC(=O)N(CC)C(=O)CC. The van der Waals surface area contributed by atoms with Crippen LogP contribution in [-0.4, -0.2) is 29.9 Å². The van der Waals surface area contributed by atoms with E-state index in [0.29, 0.717) is 19.5 Å². The normalized spacial score (nSPS) is 9.64. The minimum absolute atomic E-state index is 0.124. The molecule has 0 heterocycles. The molecule has 82 valence electrons. The number of nitrogens with zero attached hydrogens (tertiary/aromatic N) is 1. The van der Waals surface area contributed by atoms with Crippen molar-refractivity contribution in [3.05, 3.63) is 0 Å². The number of imide groups is 1. The predicted octanol–water partition coefficient (Wildman–Crippen LogP) is 1.75. The second kappa shape index (κ2) is 7.35. The Morgan fingerprint density at radius 1 is 1.21 bits per heavy atom. The zero-order valence-electron chi connectivity index (χ0n) is 9.30. The van der Waals surface area contributed by atoms with E-state index in [2.05, 4.69) is 12.2 Å². The first kappa shape index (κ1) is 12.9. The second-order valence-corrected chi connectivity index (χ2v) is 3.08. The molecule has 4 heteroatoms. The van der Waals surface area contributed by atoms with Crippen molar-refractivity contribution in [2.24, 2.45) is 0 Å². The van der Waals surface area contributed by atoms with Crippen molar-refractivity contribution in [1.29, 1.82) is 0 Å². The standard InChI is InChI=1S/C10H20N2O2/c1-4-7-8-11-10(14)12(6-3)9(13)5-2/h4-8H2,1-3H3,(H,11,14). The molecule has 0 aromatic heterocycles. The lowest BCUT2D eigenvalue weighted by atomic mass is 10.3. The van der Waals surface area contributed by atoms with E-state index in [1.807, 2.05) is 0 Å². The Hall–Kier alpha value is -1.06. The summed E-state index contributed by atoms with van der Waals surface area (Å²) in [7, 11) is 0. The van der Waals surface area contributed by atoms with Crippen LogP contribution in [0.1, 0.15) is 40.0 Å². The van der Waals surface area contributed by atoms with Crippen LogP contribution in [0.2, 0.25) is 0 Å². The molecule has 0 aromatic rings. The third-order valence-electron chi connectivity index (χ3n) is 1.97. The molecule has 0 bridgehead atoms. The Labute approximate surface area is 85.7 Å². The summed E-state index contributed by atoms with van der Waals surface area (Å²) in [5.41, 5.74) is 0. The minimum Gasteiger partial charge on any atom is -0.338 e. The van der Waals surface area contributed by atoms with Gasteiger partial charge in [0.15, 0.2) is 0 Å². The Morgan fingerprint density at radius 2 is 1.86 bits per heavy atom. The van der Waals surface area contributed by atoms with Crippen LogP contribution in [0, 0.1) is 0 Å². The molecule has 0 fully saturated rings. The summed E-state index contributed by atoms with van der Waals surface area (Å²) in [6.07, 6.45) is 2.35. The van der Waals surface area contributed by atoms with Crippen molar-refractivity contribution in [1.82, 2.24) is 10.2 Å². The first-order valence-electron chi connectivity index (χ1n) is 5.25. The van der Waals surface area contributed by atoms with Gasteiger partial charge in [-0.25, -0.2) is 4.79 Å². The van der Waals surface area contributed by atoms with Crippen LogP contribution in [0.15, 0.2) is 0 Å². The average Bonchev–Trinajstić information content (AvgIpc) is 2.19. The van der Waals surface area contributed by atoms with E-state index in [4.69, 9.17) is 0 Å². The van der Waals surface area contributed by atoms with Crippen LogP contribution in [0.3, 0.4) is 0 Å². The topological polar surface area (TPSA) is 49.4 Å². The summed E-state index contributed by atoms with van der Waals surface area (Å²) in [5, 5.41) is 2.72. The van der Waals surface area contributed by atoms with Crippen molar-refractivity contribution in [3.63, 3.8) is 0 Å². The van der Waals surface area contributed by atoms with Crippen LogP contribution < -0.4 is 5.32 Å². The van der Waals surface area contributed by atoms with E-state index in [9.17, 15) is 9.59 Å². The molecule has 0 radical (unpaired) electrons. The van der Waals surface area contributed by atoms with E-state index in [1.54, 1.807) is 13.8 Å². The molecule has 14 heavy (non-hydrogen) atoms. The Kier molecular flexibility index (Phi) is 6.80. The Morgan fingerprint density at radius 3 is 2.29 bits per heavy atom. The molecule has 0 aromatic carbocycles. The van der Waals surface area contributed by atoms with Crippen molar-refractivity contribution < 1.29 is 9.59 Å². The lowest BCUT2D eigenvalue weighted by molar-refractivity contribution is -0.127. The maximum Gasteiger partial charge on any atom is 0.324 e. The molecule has 4 nitrogen and oxygen atoms in total. The largest absolute Gasteiger partial charge is 0.338 e.